The monoisotopic (exact) mass is 140 g/mol. The maximum atomic E-state index is 11.6. The fourth-order valence-electron chi connectivity index (χ4n) is 0.601. The Morgan fingerprint density at radius 3 is 1.33 bits per heavy atom. The van der Waals surface area contributed by atoms with E-state index in [2.05, 4.69) is 0 Å². The molecule has 0 fully saturated rings. The fraction of sp³-hybridized carbons (Fsp3) is 1.00. The van der Waals surface area contributed by atoms with Crippen LogP contribution in [-0.4, -0.2) is 6.18 Å². The second-order valence-electron chi connectivity index (χ2n) is 3.35. The molecule has 0 bridgehead atoms. The lowest BCUT2D eigenvalue weighted by Gasteiger charge is -2.19. The topological polar surface area (TPSA) is 0 Å². The van der Waals surface area contributed by atoms with E-state index in [0.29, 0.717) is 0 Å². The molecule has 0 radical (unpaired) electrons. The first-order valence-electron chi connectivity index (χ1n) is 2.77. The third-order valence-corrected chi connectivity index (χ3v) is 0.731. The quantitative estimate of drug-likeness (QED) is 0.485. The molecule has 0 amide bonds. The number of rotatable bonds is 0. The number of hydrogen-bond acceptors (Lipinski definition) is 0. The van der Waals surface area contributed by atoms with Crippen molar-refractivity contribution >= 4 is 0 Å². The van der Waals surface area contributed by atoms with Gasteiger partial charge in [-0.25, -0.2) is 0 Å². The zero-order valence-electron chi connectivity index (χ0n) is 5.84. The molecule has 9 heavy (non-hydrogen) atoms. The van der Waals surface area contributed by atoms with Crippen molar-refractivity contribution in [3.05, 3.63) is 0 Å². The van der Waals surface area contributed by atoms with Gasteiger partial charge in [-0.05, 0) is 5.41 Å². The minimum Gasteiger partial charge on any atom is -0.171 e. The van der Waals surface area contributed by atoms with Gasteiger partial charge in [-0.3, -0.25) is 0 Å². The average molecular weight is 140 g/mol. The standard InChI is InChI=1S/C6H11F3/c1-5(2,3)4-6(7,8)9/h4H2,1-3H3. The molecule has 0 heterocycles. The Kier molecular flexibility index (Phi) is 2.14. The van der Waals surface area contributed by atoms with E-state index in [1.54, 1.807) is 20.8 Å². The van der Waals surface area contributed by atoms with Gasteiger partial charge >= 0.3 is 6.18 Å². The summed E-state index contributed by atoms with van der Waals surface area (Å²) in [7, 11) is 0. The van der Waals surface area contributed by atoms with Crippen molar-refractivity contribution in [2.24, 2.45) is 5.41 Å². The summed E-state index contributed by atoms with van der Waals surface area (Å²) in [6, 6.07) is 0. The summed E-state index contributed by atoms with van der Waals surface area (Å²) >= 11 is 0. The molecule has 0 saturated heterocycles. The lowest BCUT2D eigenvalue weighted by atomic mass is 9.92. The van der Waals surface area contributed by atoms with Crippen molar-refractivity contribution in [3.8, 4) is 0 Å². The van der Waals surface area contributed by atoms with Gasteiger partial charge in [-0.2, -0.15) is 13.2 Å². The van der Waals surface area contributed by atoms with Gasteiger partial charge in [0, 0.05) is 6.42 Å². The predicted octanol–water partition coefficient (Wildman–Crippen LogP) is 2.98. The maximum Gasteiger partial charge on any atom is 0.389 e. The third-order valence-electron chi connectivity index (χ3n) is 0.731. The van der Waals surface area contributed by atoms with Crippen LogP contribution in [0.5, 0.6) is 0 Å². The number of halogens is 3. The minimum atomic E-state index is -4.02. The Balaban J connectivity index is 3.75. The molecule has 0 nitrogen and oxygen atoms in total. The highest BCUT2D eigenvalue weighted by Crippen LogP contribution is 2.31. The van der Waals surface area contributed by atoms with Crippen LogP contribution in [0.25, 0.3) is 0 Å². The van der Waals surface area contributed by atoms with E-state index in [4.69, 9.17) is 0 Å². The molecule has 0 rings (SSSR count). The van der Waals surface area contributed by atoms with Crippen molar-refractivity contribution in [2.45, 2.75) is 33.4 Å². The molecule has 0 unspecified atom stereocenters. The Bertz CT molecular complexity index is 73.5. The first-order chi connectivity index (χ1) is 3.71. The van der Waals surface area contributed by atoms with Crippen LogP contribution in [0.4, 0.5) is 13.2 Å². The van der Waals surface area contributed by atoms with Crippen molar-refractivity contribution in [1.29, 1.82) is 0 Å². The van der Waals surface area contributed by atoms with Crippen molar-refractivity contribution in [1.82, 2.24) is 0 Å². The molecule has 0 N–H and O–H groups in total. The largest absolute Gasteiger partial charge is 0.389 e. The number of hydrogen-bond donors (Lipinski definition) is 0. The predicted molar refractivity (Wildman–Crippen MR) is 30.1 cm³/mol. The van der Waals surface area contributed by atoms with E-state index in [-0.39, 0.29) is 0 Å². The Morgan fingerprint density at radius 1 is 1.00 bits per heavy atom. The Morgan fingerprint density at radius 2 is 1.33 bits per heavy atom. The lowest BCUT2D eigenvalue weighted by molar-refractivity contribution is -0.152. The summed E-state index contributed by atoms with van der Waals surface area (Å²) in [4.78, 5) is 0. The maximum absolute atomic E-state index is 11.6. The first-order valence-corrected chi connectivity index (χ1v) is 2.77. The molecule has 0 aliphatic carbocycles. The molecule has 0 aromatic heterocycles. The van der Waals surface area contributed by atoms with Crippen LogP contribution in [0, 0.1) is 5.41 Å². The zero-order chi connectivity index (χ0) is 7.71. The summed E-state index contributed by atoms with van der Waals surface area (Å²) in [6.07, 6.45) is -4.72. The van der Waals surface area contributed by atoms with Crippen molar-refractivity contribution in [3.63, 3.8) is 0 Å². The SMILES string of the molecule is CC(C)(C)CC(F)(F)F. The van der Waals surface area contributed by atoms with Crippen LogP contribution in [-0.2, 0) is 0 Å². The Labute approximate surface area is 53.1 Å². The van der Waals surface area contributed by atoms with E-state index >= 15 is 0 Å². The molecule has 0 spiro atoms. The highest BCUT2D eigenvalue weighted by Gasteiger charge is 2.33. The molecule has 0 saturated carbocycles. The van der Waals surface area contributed by atoms with Gasteiger partial charge < -0.3 is 0 Å². The zero-order valence-corrected chi connectivity index (χ0v) is 5.84. The van der Waals surface area contributed by atoms with Crippen LogP contribution >= 0.6 is 0 Å². The molecule has 0 aromatic carbocycles. The van der Waals surface area contributed by atoms with Crippen LogP contribution in [0.2, 0.25) is 0 Å². The van der Waals surface area contributed by atoms with Crippen molar-refractivity contribution < 1.29 is 13.2 Å². The lowest BCUT2D eigenvalue weighted by Crippen LogP contribution is -2.18. The summed E-state index contributed by atoms with van der Waals surface area (Å²) < 4.78 is 34.7. The van der Waals surface area contributed by atoms with Crippen LogP contribution in [0.3, 0.4) is 0 Å². The van der Waals surface area contributed by atoms with Crippen molar-refractivity contribution in [2.75, 3.05) is 0 Å². The molecule has 0 aliphatic rings. The molecule has 56 valence electrons. The average Bonchev–Trinajstić information content (AvgIpc) is 1.14. The molecule has 3 heteroatoms. The van der Waals surface area contributed by atoms with Crippen LogP contribution < -0.4 is 0 Å². The first kappa shape index (κ1) is 8.79. The van der Waals surface area contributed by atoms with E-state index < -0.39 is 18.0 Å². The Hall–Kier alpha value is -0.210. The van der Waals surface area contributed by atoms with E-state index in [1.807, 2.05) is 0 Å². The second-order valence-corrected chi connectivity index (χ2v) is 3.35. The van der Waals surface area contributed by atoms with Gasteiger partial charge in [-0.1, -0.05) is 20.8 Å². The van der Waals surface area contributed by atoms with Gasteiger partial charge in [0.25, 0.3) is 0 Å². The number of alkyl halides is 3. The third kappa shape index (κ3) is 7.79. The summed E-state index contributed by atoms with van der Waals surface area (Å²) in [5.41, 5.74) is -0.641. The fourth-order valence-corrected chi connectivity index (χ4v) is 0.601. The van der Waals surface area contributed by atoms with Crippen LogP contribution in [0.15, 0.2) is 0 Å². The van der Waals surface area contributed by atoms with Gasteiger partial charge in [0.1, 0.15) is 0 Å². The van der Waals surface area contributed by atoms with E-state index in [9.17, 15) is 13.2 Å². The van der Waals surface area contributed by atoms with E-state index in [0.717, 1.165) is 0 Å². The molecule has 0 aromatic rings. The van der Waals surface area contributed by atoms with Gasteiger partial charge in [-0.15, -0.1) is 0 Å². The summed E-state index contributed by atoms with van der Waals surface area (Å²) in [5, 5.41) is 0. The second kappa shape index (κ2) is 2.20. The van der Waals surface area contributed by atoms with Crippen LogP contribution in [0.1, 0.15) is 27.2 Å². The molecule has 0 atom stereocenters. The highest BCUT2D eigenvalue weighted by atomic mass is 19.4. The normalized spacial score (nSPS) is 14.0. The highest BCUT2D eigenvalue weighted by molar-refractivity contribution is 4.66. The summed E-state index contributed by atoms with van der Waals surface area (Å²) in [5.74, 6) is 0. The smallest absolute Gasteiger partial charge is 0.171 e. The van der Waals surface area contributed by atoms with Gasteiger partial charge in [0.05, 0.1) is 0 Å². The van der Waals surface area contributed by atoms with Gasteiger partial charge in [0.15, 0.2) is 0 Å². The molecular formula is C6H11F3. The van der Waals surface area contributed by atoms with E-state index in [1.165, 1.54) is 0 Å². The summed E-state index contributed by atoms with van der Waals surface area (Å²) in [6.45, 7) is 4.71. The minimum absolute atomic E-state index is 0.641. The molecule has 0 aliphatic heterocycles. The molecular weight excluding hydrogens is 129 g/mol. The van der Waals surface area contributed by atoms with Gasteiger partial charge in [0.2, 0.25) is 0 Å².